The number of anilines is 2. The van der Waals surface area contributed by atoms with Gasteiger partial charge in [0.05, 0.1) is 23.3 Å². The lowest BCUT2D eigenvalue weighted by molar-refractivity contribution is -0.118. The molecule has 2 aromatic rings. The van der Waals surface area contributed by atoms with Gasteiger partial charge in [-0.3, -0.25) is 14.6 Å². The Kier molecular flexibility index (Phi) is 6.30. The Morgan fingerprint density at radius 3 is 2.41 bits per heavy atom. The number of aromatic nitrogens is 1. The van der Waals surface area contributed by atoms with E-state index in [-0.39, 0.29) is 11.8 Å². The average Bonchev–Trinajstić information content (AvgIpc) is 3.66. The van der Waals surface area contributed by atoms with Crippen LogP contribution >= 0.6 is 0 Å². The van der Waals surface area contributed by atoms with Gasteiger partial charge in [-0.2, -0.15) is 10.1 Å². The van der Waals surface area contributed by atoms with Crippen molar-refractivity contribution in [2.24, 2.45) is 11.0 Å². The number of piperidine rings is 1. The van der Waals surface area contributed by atoms with Gasteiger partial charge >= 0.3 is 0 Å². The fraction of sp³-hybridized carbons (Fsp3) is 0.440. The fourth-order valence-corrected chi connectivity index (χ4v) is 4.59. The number of hydrazine groups is 1. The van der Waals surface area contributed by atoms with Gasteiger partial charge in [0, 0.05) is 36.8 Å². The average molecular weight is 462 g/mol. The topological polar surface area (TPSA) is 93.2 Å². The van der Waals surface area contributed by atoms with Gasteiger partial charge < -0.3 is 15.2 Å². The standard InChI is InChI=1S/C25H31N7O2/c1-30(2)20-11-14-31(15-12-20)24(33)18-7-9-21(10-8-18)32-25(34)23(22(29-32)17-5-6-17)28-27-19-4-3-13-26-16-19/h3-4,7-10,13,16-17,20,23,27-28H,5-6,11-12,14-15H2,1-2H3. The summed E-state index contributed by atoms with van der Waals surface area (Å²) in [7, 11) is 4.18. The molecule has 1 atom stereocenters. The molecule has 1 unspecified atom stereocenters. The highest BCUT2D eigenvalue weighted by Gasteiger charge is 2.44. The maximum atomic E-state index is 13.2. The molecule has 34 heavy (non-hydrogen) atoms. The summed E-state index contributed by atoms with van der Waals surface area (Å²) in [4.78, 5) is 34.4. The number of rotatable bonds is 7. The molecule has 5 rings (SSSR count). The number of hydrogen-bond acceptors (Lipinski definition) is 7. The number of hydrogen-bond donors (Lipinski definition) is 2. The van der Waals surface area contributed by atoms with Crippen LogP contribution in [0.2, 0.25) is 0 Å². The van der Waals surface area contributed by atoms with E-state index in [0.717, 1.165) is 50.2 Å². The van der Waals surface area contributed by atoms with Crippen LogP contribution in [-0.2, 0) is 4.79 Å². The van der Waals surface area contributed by atoms with Crippen LogP contribution in [0.15, 0.2) is 53.9 Å². The molecule has 1 saturated carbocycles. The summed E-state index contributed by atoms with van der Waals surface area (Å²) in [6, 6.07) is 10.9. The van der Waals surface area contributed by atoms with Gasteiger partial charge in [-0.25, -0.2) is 5.43 Å². The SMILES string of the molecule is CN(C)C1CCN(C(=O)c2ccc(N3N=C(C4CC4)C(NNc4cccnc4)C3=O)cc2)CC1. The minimum absolute atomic E-state index is 0.0406. The number of nitrogens with zero attached hydrogens (tertiary/aromatic N) is 5. The van der Waals surface area contributed by atoms with Crippen LogP contribution in [0.25, 0.3) is 0 Å². The van der Waals surface area contributed by atoms with Crippen molar-refractivity contribution in [1.29, 1.82) is 0 Å². The molecule has 1 aliphatic carbocycles. The molecule has 1 aromatic carbocycles. The second-order valence-corrected chi connectivity index (χ2v) is 9.43. The monoisotopic (exact) mass is 461 g/mol. The number of nitrogens with one attached hydrogen (secondary N) is 2. The molecule has 2 aliphatic heterocycles. The summed E-state index contributed by atoms with van der Waals surface area (Å²) >= 11 is 0. The van der Waals surface area contributed by atoms with E-state index in [2.05, 4.69) is 39.9 Å². The Morgan fingerprint density at radius 2 is 1.79 bits per heavy atom. The quantitative estimate of drug-likeness (QED) is 0.615. The van der Waals surface area contributed by atoms with Crippen molar-refractivity contribution in [1.82, 2.24) is 20.2 Å². The molecule has 3 heterocycles. The van der Waals surface area contributed by atoms with Gasteiger partial charge in [-0.05, 0) is 76.2 Å². The van der Waals surface area contributed by atoms with Gasteiger partial charge in [-0.15, -0.1) is 0 Å². The summed E-state index contributed by atoms with van der Waals surface area (Å²) in [5.74, 6) is 0.232. The number of hydrazone groups is 1. The summed E-state index contributed by atoms with van der Waals surface area (Å²) < 4.78 is 0. The second-order valence-electron chi connectivity index (χ2n) is 9.43. The number of pyridine rings is 1. The Hall–Kier alpha value is -3.30. The maximum absolute atomic E-state index is 13.2. The summed E-state index contributed by atoms with van der Waals surface area (Å²) in [5.41, 5.74) is 9.14. The molecule has 0 bridgehead atoms. The molecule has 178 valence electrons. The first kappa shape index (κ1) is 22.5. The number of benzene rings is 1. The van der Waals surface area contributed by atoms with Crippen molar-refractivity contribution >= 4 is 28.9 Å². The first-order valence-electron chi connectivity index (χ1n) is 11.9. The zero-order valence-electron chi connectivity index (χ0n) is 19.6. The van der Waals surface area contributed by atoms with Crippen LogP contribution in [-0.4, -0.2) is 71.6 Å². The van der Waals surface area contributed by atoms with Crippen LogP contribution in [0, 0.1) is 5.92 Å². The third kappa shape index (κ3) is 4.67. The fourth-order valence-electron chi connectivity index (χ4n) is 4.59. The van der Waals surface area contributed by atoms with Gasteiger partial charge in [-0.1, -0.05) is 0 Å². The van der Waals surface area contributed by atoms with Crippen molar-refractivity contribution < 1.29 is 9.59 Å². The van der Waals surface area contributed by atoms with E-state index in [4.69, 9.17) is 0 Å². The molecule has 2 amide bonds. The third-order valence-electron chi connectivity index (χ3n) is 6.83. The Labute approximate surface area is 199 Å². The van der Waals surface area contributed by atoms with E-state index in [0.29, 0.717) is 23.2 Å². The smallest absolute Gasteiger partial charge is 0.272 e. The van der Waals surface area contributed by atoms with E-state index >= 15 is 0 Å². The van der Waals surface area contributed by atoms with Crippen LogP contribution in [0.5, 0.6) is 0 Å². The predicted octanol–water partition coefficient (Wildman–Crippen LogP) is 2.35. The lowest BCUT2D eigenvalue weighted by Crippen LogP contribution is -2.46. The Balaban J connectivity index is 1.25. The number of carbonyl (C=O) groups is 2. The van der Waals surface area contributed by atoms with Gasteiger partial charge in [0.2, 0.25) is 0 Å². The lowest BCUT2D eigenvalue weighted by atomic mass is 10.0. The van der Waals surface area contributed by atoms with Crippen LogP contribution in [0.3, 0.4) is 0 Å². The second kappa shape index (κ2) is 9.52. The molecular weight excluding hydrogens is 430 g/mol. The van der Waals surface area contributed by atoms with Crippen molar-refractivity contribution in [3.63, 3.8) is 0 Å². The molecule has 0 radical (unpaired) electrons. The highest BCUT2D eigenvalue weighted by Crippen LogP contribution is 2.36. The maximum Gasteiger partial charge on any atom is 0.272 e. The Bertz CT molecular complexity index is 1060. The molecular formula is C25H31N7O2. The summed E-state index contributed by atoms with van der Waals surface area (Å²) in [6.07, 6.45) is 7.45. The van der Waals surface area contributed by atoms with Crippen molar-refractivity contribution in [2.75, 3.05) is 37.6 Å². The molecule has 0 spiro atoms. The largest absolute Gasteiger partial charge is 0.339 e. The zero-order chi connectivity index (χ0) is 23.7. The zero-order valence-corrected chi connectivity index (χ0v) is 19.6. The van der Waals surface area contributed by atoms with Crippen molar-refractivity contribution in [3.05, 3.63) is 54.4 Å². The summed E-state index contributed by atoms with van der Waals surface area (Å²) in [6.45, 7) is 1.53. The van der Waals surface area contributed by atoms with Crippen molar-refractivity contribution in [3.8, 4) is 0 Å². The third-order valence-corrected chi connectivity index (χ3v) is 6.83. The van der Waals surface area contributed by atoms with E-state index < -0.39 is 6.04 Å². The van der Waals surface area contributed by atoms with Crippen LogP contribution < -0.4 is 15.9 Å². The molecule has 1 saturated heterocycles. The number of amides is 2. The first-order chi connectivity index (χ1) is 16.5. The normalized spacial score (nSPS) is 21.2. The first-order valence-corrected chi connectivity index (χ1v) is 11.9. The molecule has 2 fully saturated rings. The summed E-state index contributed by atoms with van der Waals surface area (Å²) in [5, 5.41) is 6.12. The van der Waals surface area contributed by atoms with Gasteiger partial charge in [0.15, 0.2) is 0 Å². The van der Waals surface area contributed by atoms with Gasteiger partial charge in [0.25, 0.3) is 11.8 Å². The highest BCUT2D eigenvalue weighted by molar-refractivity contribution is 6.20. The molecule has 1 aromatic heterocycles. The molecule has 3 aliphatic rings. The van der Waals surface area contributed by atoms with E-state index in [1.54, 1.807) is 24.5 Å². The minimum Gasteiger partial charge on any atom is -0.339 e. The van der Waals surface area contributed by atoms with E-state index in [1.165, 1.54) is 5.01 Å². The predicted molar refractivity (Wildman–Crippen MR) is 131 cm³/mol. The van der Waals surface area contributed by atoms with Crippen molar-refractivity contribution in [2.45, 2.75) is 37.8 Å². The molecule has 9 nitrogen and oxygen atoms in total. The number of likely N-dealkylation sites (tertiary alicyclic amines) is 1. The highest BCUT2D eigenvalue weighted by atomic mass is 16.2. The minimum atomic E-state index is -0.535. The number of carbonyl (C=O) groups excluding carboxylic acids is 2. The Morgan fingerprint density at radius 1 is 1.06 bits per heavy atom. The molecule has 9 heteroatoms. The molecule has 2 N–H and O–H groups in total. The van der Waals surface area contributed by atoms with Crippen LogP contribution in [0.4, 0.5) is 11.4 Å². The lowest BCUT2D eigenvalue weighted by Gasteiger charge is -2.35. The van der Waals surface area contributed by atoms with E-state index in [9.17, 15) is 9.59 Å². The van der Waals surface area contributed by atoms with Gasteiger partial charge in [0.1, 0.15) is 6.04 Å². The van der Waals surface area contributed by atoms with Crippen LogP contribution in [0.1, 0.15) is 36.0 Å². The van der Waals surface area contributed by atoms with E-state index in [1.807, 2.05) is 29.2 Å².